The normalized spacial score (nSPS) is 16.7. The summed E-state index contributed by atoms with van der Waals surface area (Å²) in [4.78, 5) is 18.3. The van der Waals surface area contributed by atoms with Gasteiger partial charge in [-0.1, -0.05) is 18.2 Å². The van der Waals surface area contributed by atoms with Gasteiger partial charge in [-0.2, -0.15) is 0 Å². The van der Waals surface area contributed by atoms with E-state index in [1.807, 2.05) is 22.9 Å². The Labute approximate surface area is 147 Å². The molecule has 0 bridgehead atoms. The van der Waals surface area contributed by atoms with Crippen molar-refractivity contribution >= 4 is 6.03 Å². The number of rotatable bonds is 7. The summed E-state index contributed by atoms with van der Waals surface area (Å²) < 4.78 is 7.58. The molecule has 1 aliphatic rings. The minimum absolute atomic E-state index is 0.0604. The molecule has 2 heterocycles. The molecule has 1 aromatic carbocycles. The summed E-state index contributed by atoms with van der Waals surface area (Å²) in [7, 11) is 0. The van der Waals surface area contributed by atoms with Gasteiger partial charge in [-0.3, -0.25) is 0 Å². The number of amides is 2. The third kappa shape index (κ3) is 4.96. The Hall–Kier alpha value is -2.54. The van der Waals surface area contributed by atoms with Crippen molar-refractivity contribution in [1.29, 1.82) is 0 Å². The number of para-hydroxylation sites is 1. The molecule has 1 fully saturated rings. The van der Waals surface area contributed by atoms with Crippen LogP contribution in [0.3, 0.4) is 0 Å². The Balaban J connectivity index is 1.60. The monoisotopic (exact) mass is 344 g/mol. The van der Waals surface area contributed by atoms with E-state index in [-0.39, 0.29) is 17.9 Å². The Bertz CT molecular complexity index is 669. The molecule has 1 atom stereocenters. The van der Waals surface area contributed by atoms with Crippen LogP contribution in [0.1, 0.15) is 18.4 Å². The lowest BCUT2D eigenvalue weighted by Crippen LogP contribution is -2.44. The summed E-state index contributed by atoms with van der Waals surface area (Å²) in [5.41, 5.74) is 0.727. The highest BCUT2D eigenvalue weighted by Crippen LogP contribution is 2.20. The summed E-state index contributed by atoms with van der Waals surface area (Å²) >= 11 is 0. The van der Waals surface area contributed by atoms with Gasteiger partial charge in [0.25, 0.3) is 0 Å². The topological polar surface area (TPSA) is 79.6 Å². The van der Waals surface area contributed by atoms with Crippen LogP contribution in [0.2, 0.25) is 0 Å². The van der Waals surface area contributed by atoms with Crippen molar-refractivity contribution in [2.24, 2.45) is 0 Å². The number of ether oxygens (including phenoxy) is 1. The number of hydrogen-bond donors (Lipinski definition) is 2. The molecular formula is C18H24N4O3. The minimum atomic E-state index is -0.154. The highest BCUT2D eigenvalue weighted by Gasteiger charge is 2.23. The number of hydrogen-bond acceptors (Lipinski definition) is 4. The van der Waals surface area contributed by atoms with Gasteiger partial charge in [0.2, 0.25) is 0 Å². The van der Waals surface area contributed by atoms with Gasteiger partial charge in [0, 0.05) is 44.2 Å². The van der Waals surface area contributed by atoms with Crippen LogP contribution in [0.5, 0.6) is 5.75 Å². The van der Waals surface area contributed by atoms with Gasteiger partial charge in [-0.05, 0) is 18.9 Å². The van der Waals surface area contributed by atoms with Crippen LogP contribution in [-0.4, -0.2) is 51.4 Å². The molecule has 2 amide bonds. The van der Waals surface area contributed by atoms with E-state index in [1.54, 1.807) is 29.6 Å². The fourth-order valence-corrected chi connectivity index (χ4v) is 2.93. The molecule has 3 rings (SSSR count). The SMILES string of the molecule is O=C(NCCn1ccnc1)N(Cc1ccccc1O)C[C@H]1CCCO1. The lowest BCUT2D eigenvalue weighted by Gasteiger charge is -2.26. The van der Waals surface area contributed by atoms with E-state index in [4.69, 9.17) is 4.74 Å². The van der Waals surface area contributed by atoms with E-state index in [1.165, 1.54) is 0 Å². The lowest BCUT2D eigenvalue weighted by molar-refractivity contribution is 0.0792. The number of phenols is 1. The molecule has 7 nitrogen and oxygen atoms in total. The first-order chi connectivity index (χ1) is 12.2. The lowest BCUT2D eigenvalue weighted by atomic mass is 10.1. The van der Waals surface area contributed by atoms with Gasteiger partial charge in [0.15, 0.2) is 0 Å². The fraction of sp³-hybridized carbons (Fsp3) is 0.444. The Morgan fingerprint density at radius 3 is 3.04 bits per heavy atom. The maximum Gasteiger partial charge on any atom is 0.317 e. The van der Waals surface area contributed by atoms with Gasteiger partial charge in [-0.15, -0.1) is 0 Å². The largest absolute Gasteiger partial charge is 0.508 e. The second-order valence-electron chi connectivity index (χ2n) is 6.18. The van der Waals surface area contributed by atoms with Gasteiger partial charge in [0.1, 0.15) is 5.75 Å². The molecular weight excluding hydrogens is 320 g/mol. The summed E-state index contributed by atoms with van der Waals surface area (Å²) in [6, 6.07) is 6.94. The maximum atomic E-state index is 12.6. The number of aromatic hydroxyl groups is 1. The smallest absolute Gasteiger partial charge is 0.317 e. The van der Waals surface area contributed by atoms with Crippen molar-refractivity contribution in [3.05, 3.63) is 48.5 Å². The molecule has 7 heteroatoms. The van der Waals surface area contributed by atoms with Crippen LogP contribution < -0.4 is 5.32 Å². The number of phenolic OH excluding ortho intramolecular Hbond substituents is 1. The van der Waals surface area contributed by atoms with Crippen LogP contribution in [0.15, 0.2) is 43.0 Å². The Morgan fingerprint density at radius 1 is 1.44 bits per heavy atom. The number of imidazole rings is 1. The third-order valence-electron chi connectivity index (χ3n) is 4.29. The second-order valence-corrected chi connectivity index (χ2v) is 6.18. The number of nitrogens with one attached hydrogen (secondary N) is 1. The number of carbonyl (C=O) groups is 1. The van der Waals surface area contributed by atoms with E-state index in [9.17, 15) is 9.90 Å². The summed E-state index contributed by atoms with van der Waals surface area (Å²) in [6.45, 7) is 2.79. The van der Waals surface area contributed by atoms with Gasteiger partial charge < -0.3 is 24.6 Å². The van der Waals surface area contributed by atoms with Crippen molar-refractivity contribution in [2.75, 3.05) is 19.7 Å². The van der Waals surface area contributed by atoms with Crippen molar-refractivity contribution < 1.29 is 14.6 Å². The molecule has 134 valence electrons. The standard InChI is InChI=1S/C18H24N4O3/c23-17-6-2-1-4-15(17)12-22(13-16-5-3-11-25-16)18(24)20-8-10-21-9-7-19-14-21/h1-2,4,6-7,9,14,16,23H,3,5,8,10-13H2,(H,20,24)/t16-/m1/s1. The molecule has 0 unspecified atom stereocenters. The first kappa shape index (κ1) is 17.3. The van der Waals surface area contributed by atoms with E-state index < -0.39 is 0 Å². The summed E-state index contributed by atoms with van der Waals surface area (Å²) in [5.74, 6) is 0.200. The summed E-state index contributed by atoms with van der Waals surface area (Å²) in [6.07, 6.45) is 7.34. The molecule has 0 aliphatic carbocycles. The first-order valence-electron chi connectivity index (χ1n) is 8.59. The number of nitrogens with zero attached hydrogens (tertiary/aromatic N) is 3. The molecule has 2 N–H and O–H groups in total. The Morgan fingerprint density at radius 2 is 2.32 bits per heavy atom. The molecule has 1 saturated heterocycles. The van der Waals surface area contributed by atoms with Crippen LogP contribution >= 0.6 is 0 Å². The maximum absolute atomic E-state index is 12.6. The number of urea groups is 1. The Kier molecular flexibility index (Phi) is 5.90. The van der Waals surface area contributed by atoms with Crippen molar-refractivity contribution in [3.63, 3.8) is 0 Å². The average Bonchev–Trinajstić information content (AvgIpc) is 3.30. The first-order valence-corrected chi connectivity index (χ1v) is 8.59. The number of carbonyl (C=O) groups excluding carboxylic acids is 1. The number of aromatic nitrogens is 2. The molecule has 1 aromatic heterocycles. The van der Waals surface area contributed by atoms with Crippen LogP contribution in [-0.2, 0) is 17.8 Å². The van der Waals surface area contributed by atoms with Crippen LogP contribution in [0.25, 0.3) is 0 Å². The zero-order valence-corrected chi connectivity index (χ0v) is 14.2. The van der Waals surface area contributed by atoms with Crippen molar-refractivity contribution in [2.45, 2.75) is 32.0 Å². The van der Waals surface area contributed by atoms with E-state index in [2.05, 4.69) is 10.3 Å². The van der Waals surface area contributed by atoms with E-state index in [0.717, 1.165) is 25.0 Å². The molecule has 0 spiro atoms. The van der Waals surface area contributed by atoms with Crippen molar-refractivity contribution in [1.82, 2.24) is 19.8 Å². The summed E-state index contributed by atoms with van der Waals surface area (Å²) in [5, 5.41) is 12.9. The van der Waals surface area contributed by atoms with E-state index >= 15 is 0 Å². The highest BCUT2D eigenvalue weighted by atomic mass is 16.5. The van der Waals surface area contributed by atoms with Crippen LogP contribution in [0, 0.1) is 0 Å². The van der Waals surface area contributed by atoms with Crippen LogP contribution in [0.4, 0.5) is 4.79 Å². The van der Waals surface area contributed by atoms with Crippen molar-refractivity contribution in [3.8, 4) is 5.75 Å². The highest BCUT2D eigenvalue weighted by molar-refractivity contribution is 5.74. The average molecular weight is 344 g/mol. The quantitative estimate of drug-likeness (QED) is 0.805. The minimum Gasteiger partial charge on any atom is -0.508 e. The van der Waals surface area contributed by atoms with Gasteiger partial charge in [0.05, 0.1) is 19.0 Å². The predicted molar refractivity (Wildman–Crippen MR) is 93.1 cm³/mol. The molecule has 0 saturated carbocycles. The molecule has 1 aliphatic heterocycles. The fourth-order valence-electron chi connectivity index (χ4n) is 2.93. The molecule has 2 aromatic rings. The predicted octanol–water partition coefficient (Wildman–Crippen LogP) is 1.98. The number of benzene rings is 1. The van der Waals surface area contributed by atoms with Gasteiger partial charge >= 0.3 is 6.03 Å². The third-order valence-corrected chi connectivity index (χ3v) is 4.29. The zero-order valence-electron chi connectivity index (χ0n) is 14.2. The second kappa shape index (κ2) is 8.53. The van der Waals surface area contributed by atoms with E-state index in [0.29, 0.717) is 26.2 Å². The molecule has 0 radical (unpaired) electrons. The zero-order chi connectivity index (χ0) is 17.5. The van der Waals surface area contributed by atoms with Gasteiger partial charge in [-0.25, -0.2) is 9.78 Å². The molecule has 25 heavy (non-hydrogen) atoms.